The average molecular weight is 250 g/mol. The predicted octanol–water partition coefficient (Wildman–Crippen LogP) is 2.07. The molecule has 4 heteroatoms. The van der Waals surface area contributed by atoms with Crippen molar-refractivity contribution in [2.24, 2.45) is 11.7 Å². The molecular weight excluding hydrogens is 231 g/mol. The maximum absolute atomic E-state index is 13.0. The molecule has 0 heterocycles. The van der Waals surface area contributed by atoms with E-state index in [0.29, 0.717) is 24.1 Å². The van der Waals surface area contributed by atoms with Gasteiger partial charge in [-0.05, 0) is 49.8 Å². The van der Waals surface area contributed by atoms with Crippen LogP contribution < -0.4 is 11.1 Å². The summed E-state index contributed by atoms with van der Waals surface area (Å²) in [7, 11) is 0. The Hall–Kier alpha value is -1.42. The molecule has 1 aliphatic carbocycles. The summed E-state index contributed by atoms with van der Waals surface area (Å²) in [4.78, 5) is 11.8. The minimum absolute atomic E-state index is 0.204. The number of hydrogen-bond acceptors (Lipinski definition) is 2. The van der Waals surface area contributed by atoms with Crippen molar-refractivity contribution in [1.29, 1.82) is 0 Å². The molecule has 1 aromatic carbocycles. The first-order chi connectivity index (χ1) is 8.65. The number of amides is 1. The van der Waals surface area contributed by atoms with Crippen molar-refractivity contribution in [2.75, 3.05) is 6.54 Å². The maximum atomic E-state index is 13.0. The van der Waals surface area contributed by atoms with Gasteiger partial charge >= 0.3 is 0 Å². The van der Waals surface area contributed by atoms with Crippen molar-refractivity contribution < 1.29 is 9.18 Å². The Morgan fingerprint density at radius 2 is 2.06 bits per heavy atom. The van der Waals surface area contributed by atoms with Gasteiger partial charge in [0.05, 0.1) is 0 Å². The van der Waals surface area contributed by atoms with Gasteiger partial charge in [0.2, 0.25) is 0 Å². The number of hydrogen-bond donors (Lipinski definition) is 2. The van der Waals surface area contributed by atoms with Crippen LogP contribution in [0, 0.1) is 11.7 Å². The average Bonchev–Trinajstić information content (AvgIpc) is 2.38. The van der Waals surface area contributed by atoms with Crippen molar-refractivity contribution in [2.45, 2.75) is 31.7 Å². The molecule has 3 N–H and O–H groups in total. The number of nitrogens with two attached hydrogens (primary N) is 1. The number of nitrogens with one attached hydrogen (secondary N) is 1. The van der Waals surface area contributed by atoms with E-state index in [1.165, 1.54) is 12.1 Å². The molecule has 0 saturated heterocycles. The van der Waals surface area contributed by atoms with Crippen LogP contribution in [0.4, 0.5) is 4.39 Å². The zero-order valence-electron chi connectivity index (χ0n) is 10.4. The zero-order valence-corrected chi connectivity index (χ0v) is 10.4. The molecule has 0 aliphatic heterocycles. The summed E-state index contributed by atoms with van der Waals surface area (Å²) >= 11 is 0. The van der Waals surface area contributed by atoms with Gasteiger partial charge in [-0.3, -0.25) is 4.79 Å². The van der Waals surface area contributed by atoms with Gasteiger partial charge < -0.3 is 11.1 Å². The lowest BCUT2D eigenvalue weighted by Gasteiger charge is -2.26. The Balaban J connectivity index is 1.81. The van der Waals surface area contributed by atoms with Crippen LogP contribution in [0.2, 0.25) is 0 Å². The van der Waals surface area contributed by atoms with E-state index in [-0.39, 0.29) is 11.7 Å². The number of halogens is 1. The second kappa shape index (κ2) is 5.96. The Kier molecular flexibility index (Phi) is 4.31. The molecule has 1 aromatic rings. The molecule has 1 amide bonds. The Morgan fingerprint density at radius 1 is 1.33 bits per heavy atom. The first-order valence-electron chi connectivity index (χ1n) is 6.44. The van der Waals surface area contributed by atoms with Crippen molar-refractivity contribution >= 4 is 5.91 Å². The third-order valence-electron chi connectivity index (χ3n) is 3.53. The summed E-state index contributed by atoms with van der Waals surface area (Å²) in [5.74, 6) is -0.0852. The highest BCUT2D eigenvalue weighted by molar-refractivity contribution is 5.94. The van der Waals surface area contributed by atoms with Crippen molar-refractivity contribution in [3.05, 3.63) is 35.6 Å². The second-order valence-electron chi connectivity index (χ2n) is 5.00. The van der Waals surface area contributed by atoms with Gasteiger partial charge in [0.25, 0.3) is 5.91 Å². The lowest BCUT2D eigenvalue weighted by atomic mass is 9.86. The Labute approximate surface area is 107 Å². The molecule has 0 atom stereocenters. The van der Waals surface area contributed by atoms with E-state index < -0.39 is 0 Å². The Morgan fingerprint density at radius 3 is 2.72 bits per heavy atom. The molecule has 0 bridgehead atoms. The molecule has 1 saturated carbocycles. The summed E-state index contributed by atoms with van der Waals surface area (Å²) < 4.78 is 13.0. The van der Waals surface area contributed by atoms with Crippen LogP contribution in [0.25, 0.3) is 0 Å². The molecule has 2 rings (SSSR count). The molecule has 98 valence electrons. The highest BCUT2D eigenvalue weighted by Crippen LogP contribution is 2.22. The normalized spacial score (nSPS) is 23.7. The first kappa shape index (κ1) is 13.0. The van der Waals surface area contributed by atoms with E-state index >= 15 is 0 Å². The molecule has 1 aliphatic rings. The van der Waals surface area contributed by atoms with Crippen molar-refractivity contribution in [3.63, 3.8) is 0 Å². The van der Waals surface area contributed by atoms with Gasteiger partial charge in [0.15, 0.2) is 0 Å². The monoisotopic (exact) mass is 250 g/mol. The Bertz CT molecular complexity index is 414. The fourth-order valence-electron chi connectivity index (χ4n) is 2.36. The SMILES string of the molecule is NC1CCC(CNC(=O)c2cccc(F)c2)CC1. The minimum Gasteiger partial charge on any atom is -0.352 e. The molecule has 1 fully saturated rings. The summed E-state index contributed by atoms with van der Waals surface area (Å²) in [6.07, 6.45) is 4.18. The quantitative estimate of drug-likeness (QED) is 0.863. The van der Waals surface area contributed by atoms with Gasteiger partial charge in [-0.2, -0.15) is 0 Å². The topological polar surface area (TPSA) is 55.1 Å². The van der Waals surface area contributed by atoms with Gasteiger partial charge in [-0.15, -0.1) is 0 Å². The second-order valence-corrected chi connectivity index (χ2v) is 5.00. The van der Waals surface area contributed by atoms with Crippen LogP contribution in [-0.4, -0.2) is 18.5 Å². The number of rotatable bonds is 3. The van der Waals surface area contributed by atoms with E-state index in [1.807, 2.05) is 0 Å². The maximum Gasteiger partial charge on any atom is 0.251 e. The van der Waals surface area contributed by atoms with Crippen LogP contribution in [0.15, 0.2) is 24.3 Å². The fraction of sp³-hybridized carbons (Fsp3) is 0.500. The van der Waals surface area contributed by atoms with E-state index in [9.17, 15) is 9.18 Å². The highest BCUT2D eigenvalue weighted by Gasteiger charge is 2.19. The van der Waals surface area contributed by atoms with Crippen LogP contribution in [0.1, 0.15) is 36.0 Å². The smallest absolute Gasteiger partial charge is 0.251 e. The van der Waals surface area contributed by atoms with Crippen LogP contribution in [0.5, 0.6) is 0 Å². The van der Waals surface area contributed by atoms with Crippen molar-refractivity contribution in [3.8, 4) is 0 Å². The molecule has 0 spiro atoms. The third kappa shape index (κ3) is 3.53. The molecule has 0 unspecified atom stereocenters. The fourth-order valence-corrected chi connectivity index (χ4v) is 2.36. The standard InChI is InChI=1S/C14H19FN2O/c15-12-3-1-2-11(8-12)14(18)17-9-10-4-6-13(16)7-5-10/h1-3,8,10,13H,4-7,9,16H2,(H,17,18). The molecule has 0 radical (unpaired) electrons. The van der Waals surface area contributed by atoms with E-state index in [2.05, 4.69) is 5.32 Å². The van der Waals surface area contributed by atoms with Gasteiger partial charge in [0.1, 0.15) is 5.82 Å². The van der Waals surface area contributed by atoms with Crippen LogP contribution in [0.3, 0.4) is 0 Å². The van der Waals surface area contributed by atoms with E-state index in [0.717, 1.165) is 25.7 Å². The molecule has 0 aromatic heterocycles. The summed E-state index contributed by atoms with van der Waals surface area (Å²) in [5, 5.41) is 2.86. The number of benzene rings is 1. The summed E-state index contributed by atoms with van der Waals surface area (Å²) in [6, 6.07) is 6.07. The van der Waals surface area contributed by atoms with Crippen molar-refractivity contribution in [1.82, 2.24) is 5.32 Å². The van der Waals surface area contributed by atoms with Gasteiger partial charge in [0, 0.05) is 18.2 Å². The zero-order chi connectivity index (χ0) is 13.0. The van der Waals surface area contributed by atoms with Crippen LogP contribution >= 0.6 is 0 Å². The molecular formula is C14H19FN2O. The number of carbonyl (C=O) groups excluding carboxylic acids is 1. The van der Waals surface area contributed by atoms with Gasteiger partial charge in [-0.25, -0.2) is 4.39 Å². The lowest BCUT2D eigenvalue weighted by Crippen LogP contribution is -2.34. The minimum atomic E-state index is -0.383. The molecule has 3 nitrogen and oxygen atoms in total. The van der Waals surface area contributed by atoms with E-state index in [1.54, 1.807) is 12.1 Å². The lowest BCUT2D eigenvalue weighted by molar-refractivity contribution is 0.0942. The first-order valence-corrected chi connectivity index (χ1v) is 6.44. The third-order valence-corrected chi connectivity index (χ3v) is 3.53. The van der Waals surface area contributed by atoms with Crippen LogP contribution in [-0.2, 0) is 0 Å². The highest BCUT2D eigenvalue weighted by atomic mass is 19.1. The number of carbonyl (C=O) groups is 1. The predicted molar refractivity (Wildman–Crippen MR) is 68.7 cm³/mol. The van der Waals surface area contributed by atoms with Gasteiger partial charge in [-0.1, -0.05) is 6.07 Å². The largest absolute Gasteiger partial charge is 0.352 e. The summed E-state index contributed by atoms with van der Waals surface area (Å²) in [6.45, 7) is 0.655. The molecule has 18 heavy (non-hydrogen) atoms. The van der Waals surface area contributed by atoms with E-state index in [4.69, 9.17) is 5.73 Å². The summed E-state index contributed by atoms with van der Waals surface area (Å²) in [5.41, 5.74) is 6.21.